The minimum absolute atomic E-state index is 0.106. The van der Waals surface area contributed by atoms with Crippen molar-refractivity contribution in [3.05, 3.63) is 60.2 Å². The number of rotatable bonds is 3. The van der Waals surface area contributed by atoms with Crippen LogP contribution in [0.4, 0.5) is 15.9 Å². The summed E-state index contributed by atoms with van der Waals surface area (Å²) in [6.45, 7) is 2.67. The van der Waals surface area contributed by atoms with Crippen molar-refractivity contribution in [2.75, 3.05) is 17.2 Å². The van der Waals surface area contributed by atoms with E-state index in [4.69, 9.17) is 5.73 Å². The van der Waals surface area contributed by atoms with Crippen molar-refractivity contribution in [2.45, 2.75) is 19.8 Å². The van der Waals surface area contributed by atoms with Gasteiger partial charge in [-0.1, -0.05) is 17.7 Å². The Morgan fingerprint density at radius 3 is 2.59 bits per heavy atom. The highest BCUT2D eigenvalue weighted by Gasteiger charge is 2.24. The number of nitrogens with two attached hydrogens (primary N) is 1. The Bertz CT molecular complexity index is 1020. The van der Waals surface area contributed by atoms with Gasteiger partial charge in [0.1, 0.15) is 11.6 Å². The van der Waals surface area contributed by atoms with E-state index in [-0.39, 0.29) is 11.7 Å². The molecule has 1 aliphatic rings. The molecule has 0 aliphatic carbocycles. The lowest BCUT2D eigenvalue weighted by Gasteiger charge is -2.21. The van der Waals surface area contributed by atoms with Crippen molar-refractivity contribution in [3.8, 4) is 22.4 Å². The van der Waals surface area contributed by atoms with Crippen LogP contribution in [0.1, 0.15) is 18.4 Å². The number of carbonyl (C=O) groups excluding carboxylic acids is 1. The fraction of sp³-hybridized carbons (Fsp3) is 0.190. The van der Waals surface area contributed by atoms with Gasteiger partial charge in [0, 0.05) is 24.1 Å². The average Bonchev–Trinajstić information content (AvgIpc) is 3.08. The monoisotopic (exact) mass is 362 g/mol. The van der Waals surface area contributed by atoms with Crippen LogP contribution in [0.2, 0.25) is 0 Å². The van der Waals surface area contributed by atoms with E-state index < -0.39 is 5.82 Å². The smallest absolute Gasteiger partial charge is 0.227 e. The molecule has 4 rings (SSSR count). The van der Waals surface area contributed by atoms with Crippen LogP contribution in [0.15, 0.2) is 48.8 Å². The molecule has 2 heterocycles. The van der Waals surface area contributed by atoms with Crippen LogP contribution < -0.4 is 10.6 Å². The molecule has 0 spiro atoms. The van der Waals surface area contributed by atoms with Crippen molar-refractivity contribution in [1.29, 1.82) is 0 Å². The Hall–Kier alpha value is -3.28. The van der Waals surface area contributed by atoms with Gasteiger partial charge in [0.05, 0.1) is 23.8 Å². The second kappa shape index (κ2) is 6.79. The van der Waals surface area contributed by atoms with Gasteiger partial charge in [0.2, 0.25) is 5.91 Å². The first-order chi connectivity index (χ1) is 13.0. The summed E-state index contributed by atoms with van der Waals surface area (Å²) in [7, 11) is 0. The van der Waals surface area contributed by atoms with E-state index in [9.17, 15) is 9.18 Å². The molecule has 136 valence electrons. The van der Waals surface area contributed by atoms with Gasteiger partial charge in [0.15, 0.2) is 0 Å². The fourth-order valence-electron chi connectivity index (χ4n) is 3.39. The quantitative estimate of drug-likeness (QED) is 0.765. The standard InChI is InChI=1S/C21H19FN4O/c1-13-4-7-19(26-8-2-3-21(26)27)16(9-13)14-5-6-15(17(22)10-14)18-11-25-20(23)12-24-18/h4-7,9-12H,2-3,8H2,1H3,(H2,23,25). The third kappa shape index (κ3) is 3.26. The molecule has 5 nitrogen and oxygen atoms in total. The first-order valence-corrected chi connectivity index (χ1v) is 8.82. The molecular formula is C21H19FN4O. The normalized spacial score (nSPS) is 14.0. The number of nitrogens with zero attached hydrogens (tertiary/aromatic N) is 3. The molecule has 2 N–H and O–H groups in total. The summed E-state index contributed by atoms with van der Waals surface area (Å²) in [6.07, 6.45) is 4.25. The lowest BCUT2D eigenvalue weighted by atomic mass is 9.98. The van der Waals surface area contributed by atoms with Crippen LogP contribution in [-0.2, 0) is 4.79 Å². The van der Waals surface area contributed by atoms with E-state index in [0.717, 1.165) is 28.8 Å². The number of hydrogen-bond donors (Lipinski definition) is 1. The van der Waals surface area contributed by atoms with E-state index in [2.05, 4.69) is 9.97 Å². The average molecular weight is 362 g/mol. The molecule has 1 aliphatic heterocycles. The zero-order valence-corrected chi connectivity index (χ0v) is 14.9. The largest absolute Gasteiger partial charge is 0.382 e. The topological polar surface area (TPSA) is 72.1 Å². The van der Waals surface area contributed by atoms with Crippen molar-refractivity contribution >= 4 is 17.4 Å². The van der Waals surface area contributed by atoms with Crippen LogP contribution in [-0.4, -0.2) is 22.4 Å². The van der Waals surface area contributed by atoms with Gasteiger partial charge in [-0.25, -0.2) is 9.37 Å². The first kappa shape index (κ1) is 17.1. The van der Waals surface area contributed by atoms with E-state index in [1.807, 2.05) is 31.2 Å². The summed E-state index contributed by atoms with van der Waals surface area (Å²) in [5.74, 6) is -0.00317. The molecule has 1 aromatic heterocycles. The Balaban J connectivity index is 1.78. The fourth-order valence-corrected chi connectivity index (χ4v) is 3.39. The minimum atomic E-state index is -0.397. The van der Waals surface area contributed by atoms with Gasteiger partial charge >= 0.3 is 0 Å². The van der Waals surface area contributed by atoms with Crippen molar-refractivity contribution < 1.29 is 9.18 Å². The number of nitrogen functional groups attached to an aromatic ring is 1. The number of benzene rings is 2. The maximum Gasteiger partial charge on any atom is 0.227 e. The van der Waals surface area contributed by atoms with Crippen molar-refractivity contribution in [3.63, 3.8) is 0 Å². The van der Waals surface area contributed by atoms with Crippen LogP contribution in [0, 0.1) is 12.7 Å². The Morgan fingerprint density at radius 1 is 1.07 bits per heavy atom. The molecule has 1 amide bonds. The predicted octanol–water partition coefficient (Wildman–Crippen LogP) is 3.97. The molecule has 3 aromatic rings. The van der Waals surface area contributed by atoms with Gasteiger partial charge < -0.3 is 10.6 Å². The zero-order valence-electron chi connectivity index (χ0n) is 14.9. The Morgan fingerprint density at radius 2 is 1.93 bits per heavy atom. The maximum atomic E-state index is 14.8. The summed E-state index contributed by atoms with van der Waals surface area (Å²) >= 11 is 0. The molecule has 0 bridgehead atoms. The highest BCUT2D eigenvalue weighted by Crippen LogP contribution is 2.36. The molecule has 0 unspecified atom stereocenters. The second-order valence-electron chi connectivity index (χ2n) is 6.69. The number of amides is 1. The summed E-state index contributed by atoms with van der Waals surface area (Å²) in [6, 6.07) is 10.9. The molecule has 1 saturated heterocycles. The van der Waals surface area contributed by atoms with Crippen LogP contribution in [0.5, 0.6) is 0 Å². The summed E-state index contributed by atoms with van der Waals surface area (Å²) in [5, 5.41) is 0. The van der Waals surface area contributed by atoms with Crippen LogP contribution in [0.25, 0.3) is 22.4 Å². The summed E-state index contributed by atoms with van der Waals surface area (Å²) in [4.78, 5) is 22.1. The zero-order chi connectivity index (χ0) is 19.0. The minimum Gasteiger partial charge on any atom is -0.382 e. The molecule has 0 saturated carbocycles. The summed E-state index contributed by atoms with van der Waals surface area (Å²) < 4.78 is 14.8. The Kier molecular flexibility index (Phi) is 4.32. The first-order valence-electron chi connectivity index (χ1n) is 8.82. The van der Waals surface area contributed by atoms with Gasteiger partial charge in [-0.2, -0.15) is 0 Å². The maximum absolute atomic E-state index is 14.8. The number of halogens is 1. The third-order valence-corrected chi connectivity index (χ3v) is 4.74. The van der Waals surface area contributed by atoms with E-state index in [0.29, 0.717) is 24.2 Å². The lowest BCUT2D eigenvalue weighted by molar-refractivity contribution is -0.117. The number of hydrogen-bond acceptors (Lipinski definition) is 4. The number of anilines is 2. The van der Waals surface area contributed by atoms with E-state index in [1.165, 1.54) is 18.5 Å². The van der Waals surface area contributed by atoms with Gasteiger partial charge in [-0.05, 0) is 43.2 Å². The van der Waals surface area contributed by atoms with Gasteiger partial charge in [0.25, 0.3) is 0 Å². The molecule has 2 aromatic carbocycles. The van der Waals surface area contributed by atoms with Crippen LogP contribution in [0.3, 0.4) is 0 Å². The molecule has 6 heteroatoms. The highest BCUT2D eigenvalue weighted by atomic mass is 19.1. The van der Waals surface area contributed by atoms with Gasteiger partial charge in [-0.15, -0.1) is 0 Å². The van der Waals surface area contributed by atoms with E-state index >= 15 is 0 Å². The number of aryl methyl sites for hydroxylation is 1. The number of aromatic nitrogens is 2. The summed E-state index contributed by atoms with van der Waals surface area (Å²) in [5.41, 5.74) is 9.77. The van der Waals surface area contributed by atoms with Crippen molar-refractivity contribution in [1.82, 2.24) is 9.97 Å². The number of carbonyl (C=O) groups is 1. The second-order valence-corrected chi connectivity index (χ2v) is 6.69. The molecule has 0 radical (unpaired) electrons. The Labute approximate surface area is 156 Å². The van der Waals surface area contributed by atoms with Gasteiger partial charge in [-0.3, -0.25) is 9.78 Å². The highest BCUT2D eigenvalue weighted by molar-refractivity contribution is 5.99. The lowest BCUT2D eigenvalue weighted by Crippen LogP contribution is -2.24. The third-order valence-electron chi connectivity index (χ3n) is 4.74. The molecular weight excluding hydrogens is 343 g/mol. The molecule has 1 fully saturated rings. The van der Waals surface area contributed by atoms with Crippen molar-refractivity contribution in [2.24, 2.45) is 0 Å². The van der Waals surface area contributed by atoms with Crippen LogP contribution >= 0.6 is 0 Å². The van der Waals surface area contributed by atoms with E-state index in [1.54, 1.807) is 11.0 Å². The SMILES string of the molecule is Cc1ccc(N2CCCC2=O)c(-c2ccc(-c3cnc(N)cn3)c(F)c2)c1. The predicted molar refractivity (Wildman–Crippen MR) is 104 cm³/mol. The molecule has 0 atom stereocenters. The molecule has 27 heavy (non-hydrogen) atoms.